The van der Waals surface area contributed by atoms with Crippen molar-refractivity contribution in [2.75, 3.05) is 0 Å². The third-order valence-electron chi connectivity index (χ3n) is 2.61. The van der Waals surface area contributed by atoms with Gasteiger partial charge in [0.15, 0.2) is 5.69 Å². The van der Waals surface area contributed by atoms with Crippen molar-refractivity contribution in [3.63, 3.8) is 0 Å². The minimum atomic E-state index is 0.383. The SMILES string of the molecule is Cc1cc(Br)cc(-c2cc(Br)cc(C)[n+]2O)[n+]1[O-]. The predicted molar refractivity (Wildman–Crippen MR) is 73.1 cm³/mol. The summed E-state index contributed by atoms with van der Waals surface area (Å²) < 4.78 is 3.39. The maximum absolute atomic E-state index is 12.1. The Morgan fingerprint density at radius 2 is 1.44 bits per heavy atom. The van der Waals surface area contributed by atoms with E-state index in [9.17, 15) is 10.4 Å². The third-order valence-corrected chi connectivity index (χ3v) is 3.52. The molecule has 6 heteroatoms. The number of aromatic nitrogens is 2. The Balaban J connectivity index is 2.77. The number of aryl methyl sites for hydroxylation is 2. The van der Waals surface area contributed by atoms with Gasteiger partial charge in [-0.1, -0.05) is 31.9 Å². The lowest BCUT2D eigenvalue weighted by Crippen LogP contribution is -2.42. The van der Waals surface area contributed by atoms with E-state index in [2.05, 4.69) is 31.9 Å². The summed E-state index contributed by atoms with van der Waals surface area (Å²) in [6, 6.07) is 6.86. The van der Waals surface area contributed by atoms with E-state index in [0.29, 0.717) is 22.8 Å². The second kappa shape index (κ2) is 4.85. The van der Waals surface area contributed by atoms with Gasteiger partial charge in [0, 0.05) is 51.8 Å². The first-order valence-electron chi connectivity index (χ1n) is 5.21. The highest BCUT2D eigenvalue weighted by molar-refractivity contribution is 9.10. The topological polar surface area (TPSA) is 51.0 Å². The molecule has 2 heterocycles. The van der Waals surface area contributed by atoms with Gasteiger partial charge in [0.05, 0.1) is 0 Å². The van der Waals surface area contributed by atoms with Crippen molar-refractivity contribution in [1.82, 2.24) is 0 Å². The summed E-state index contributed by atoms with van der Waals surface area (Å²) in [6.45, 7) is 3.47. The van der Waals surface area contributed by atoms with Crippen molar-refractivity contribution in [2.45, 2.75) is 13.8 Å². The molecule has 0 aliphatic heterocycles. The first-order chi connectivity index (χ1) is 8.40. The molecule has 0 amide bonds. The number of nitrogens with zero attached hydrogens (tertiary/aromatic N) is 2. The van der Waals surface area contributed by atoms with Crippen LogP contribution >= 0.6 is 31.9 Å². The fourth-order valence-electron chi connectivity index (χ4n) is 1.72. The molecule has 18 heavy (non-hydrogen) atoms. The van der Waals surface area contributed by atoms with Crippen LogP contribution in [0, 0.1) is 19.1 Å². The molecule has 0 atom stereocenters. The van der Waals surface area contributed by atoms with E-state index in [-0.39, 0.29) is 0 Å². The van der Waals surface area contributed by atoms with E-state index >= 15 is 0 Å². The molecule has 0 unspecified atom stereocenters. The van der Waals surface area contributed by atoms with Gasteiger partial charge in [0.1, 0.15) is 0 Å². The molecule has 0 saturated heterocycles. The van der Waals surface area contributed by atoms with Gasteiger partial charge in [-0.25, -0.2) is 0 Å². The maximum Gasteiger partial charge on any atom is 0.330 e. The Bertz CT molecular complexity index is 574. The fraction of sp³-hybridized carbons (Fsp3) is 0.167. The Labute approximate surface area is 121 Å². The van der Waals surface area contributed by atoms with Gasteiger partial charge in [-0.15, -0.1) is 0 Å². The van der Waals surface area contributed by atoms with E-state index in [4.69, 9.17) is 0 Å². The van der Waals surface area contributed by atoms with E-state index < -0.39 is 0 Å². The zero-order valence-corrected chi connectivity index (χ0v) is 13.0. The molecule has 94 valence electrons. The molecule has 2 rings (SSSR count). The van der Waals surface area contributed by atoms with Crippen LogP contribution in [-0.2, 0) is 0 Å². The molecule has 0 aromatic carbocycles. The Morgan fingerprint density at radius 3 is 2.06 bits per heavy atom. The summed E-state index contributed by atoms with van der Waals surface area (Å²) in [7, 11) is 0. The molecule has 0 saturated carbocycles. The predicted octanol–water partition coefficient (Wildman–Crippen LogP) is 2.65. The van der Waals surface area contributed by atoms with Crippen LogP contribution in [0.25, 0.3) is 11.4 Å². The van der Waals surface area contributed by atoms with Crippen LogP contribution < -0.4 is 9.46 Å². The Kier molecular flexibility index (Phi) is 3.59. The zero-order chi connectivity index (χ0) is 13.4. The van der Waals surface area contributed by atoms with Crippen molar-refractivity contribution in [1.29, 1.82) is 0 Å². The number of halogens is 2. The van der Waals surface area contributed by atoms with Crippen molar-refractivity contribution < 1.29 is 14.7 Å². The third kappa shape index (κ3) is 2.35. The lowest BCUT2D eigenvalue weighted by Gasteiger charge is -2.06. The molecule has 2 aromatic heterocycles. The molecule has 4 nitrogen and oxygen atoms in total. The number of hydrogen-bond donors (Lipinski definition) is 1. The summed E-state index contributed by atoms with van der Waals surface area (Å²) in [6.07, 6.45) is 0. The molecule has 1 N–H and O–H groups in total. The maximum atomic E-state index is 12.1. The summed E-state index contributed by atoms with van der Waals surface area (Å²) in [4.78, 5) is 0. The summed E-state index contributed by atoms with van der Waals surface area (Å²) in [5, 5.41) is 22.1. The first-order valence-corrected chi connectivity index (χ1v) is 6.80. The molecule has 0 radical (unpaired) electrons. The van der Waals surface area contributed by atoms with Gasteiger partial charge in [0.2, 0.25) is 5.69 Å². The lowest BCUT2D eigenvalue weighted by atomic mass is 10.2. The second-order valence-electron chi connectivity index (χ2n) is 4.01. The highest BCUT2D eigenvalue weighted by Crippen LogP contribution is 2.21. The van der Waals surface area contributed by atoms with E-state index in [1.807, 2.05) is 0 Å². The second-order valence-corrected chi connectivity index (χ2v) is 5.84. The number of pyridine rings is 2. The molecule has 0 aliphatic carbocycles. The highest BCUT2D eigenvalue weighted by atomic mass is 79.9. The average molecular weight is 375 g/mol. The van der Waals surface area contributed by atoms with Crippen LogP contribution in [-0.4, -0.2) is 5.21 Å². The van der Waals surface area contributed by atoms with Crippen molar-refractivity contribution in [3.05, 3.63) is 49.8 Å². The fourth-order valence-corrected chi connectivity index (χ4v) is 2.82. The van der Waals surface area contributed by atoms with E-state index in [1.165, 1.54) is 0 Å². The minimum absolute atomic E-state index is 0.383. The van der Waals surface area contributed by atoms with Gasteiger partial charge in [-0.3, -0.25) is 5.21 Å². The van der Waals surface area contributed by atoms with Crippen LogP contribution in [0.15, 0.2) is 33.2 Å². The van der Waals surface area contributed by atoms with Gasteiger partial charge < -0.3 is 5.21 Å². The average Bonchev–Trinajstić information content (AvgIpc) is 2.28. The summed E-state index contributed by atoms with van der Waals surface area (Å²) in [5.41, 5.74) is 2.00. The lowest BCUT2D eigenvalue weighted by molar-refractivity contribution is -0.902. The molecular weight excluding hydrogens is 364 g/mol. The molecule has 0 aliphatic rings. The molecular formula is C12H11Br2N2O2+. The van der Waals surface area contributed by atoms with Crippen LogP contribution in [0.5, 0.6) is 0 Å². The van der Waals surface area contributed by atoms with Crippen molar-refractivity contribution in [2.24, 2.45) is 0 Å². The van der Waals surface area contributed by atoms with Gasteiger partial charge in [-0.2, -0.15) is 4.73 Å². The van der Waals surface area contributed by atoms with Crippen LogP contribution in [0.3, 0.4) is 0 Å². The quantitative estimate of drug-likeness (QED) is 0.474. The Morgan fingerprint density at radius 1 is 0.944 bits per heavy atom. The Hall–Kier alpha value is -1.14. The van der Waals surface area contributed by atoms with Crippen molar-refractivity contribution >= 4 is 31.9 Å². The monoisotopic (exact) mass is 373 g/mol. The highest BCUT2D eigenvalue weighted by Gasteiger charge is 2.26. The number of rotatable bonds is 1. The van der Waals surface area contributed by atoms with Gasteiger partial charge in [-0.05, 0) is 0 Å². The van der Waals surface area contributed by atoms with E-state index in [1.54, 1.807) is 38.1 Å². The molecule has 0 spiro atoms. The van der Waals surface area contributed by atoms with E-state index in [0.717, 1.165) is 18.4 Å². The first kappa shape index (κ1) is 13.3. The normalized spacial score (nSPS) is 10.7. The van der Waals surface area contributed by atoms with Gasteiger partial charge in [0.25, 0.3) is 5.69 Å². The van der Waals surface area contributed by atoms with Crippen LogP contribution in [0.2, 0.25) is 0 Å². The molecule has 0 bridgehead atoms. The smallest absolute Gasteiger partial charge is 0.330 e. The standard InChI is InChI=1S/C12H11Br2N2O2/c1-7-3-9(13)5-11(15(7)17)12-6-10(14)4-8(2)16(12)18/h3-6,17H,1-2H3/q+1. The van der Waals surface area contributed by atoms with Crippen molar-refractivity contribution in [3.8, 4) is 11.4 Å². The summed E-state index contributed by atoms with van der Waals surface area (Å²) >= 11 is 6.71. The minimum Gasteiger partial charge on any atom is -0.618 e. The summed E-state index contributed by atoms with van der Waals surface area (Å²) in [5.74, 6) is 0. The largest absolute Gasteiger partial charge is 0.618 e. The molecule has 0 fully saturated rings. The molecule has 2 aromatic rings. The number of hydrogen-bond acceptors (Lipinski definition) is 2. The van der Waals surface area contributed by atoms with Crippen LogP contribution in [0.1, 0.15) is 11.4 Å². The zero-order valence-electron chi connectivity index (χ0n) is 9.82. The van der Waals surface area contributed by atoms with Crippen LogP contribution in [0.4, 0.5) is 0 Å². The van der Waals surface area contributed by atoms with Gasteiger partial charge >= 0.3 is 5.69 Å².